The van der Waals surface area contributed by atoms with Gasteiger partial charge < -0.3 is 9.84 Å². The SMILES string of the molecule is CCCCCCCCCCCCCC1=C(C=CC=CC(=O)O)O1. The van der Waals surface area contributed by atoms with Crippen LogP contribution in [0.3, 0.4) is 0 Å². The van der Waals surface area contributed by atoms with Gasteiger partial charge in [0.05, 0.1) is 0 Å². The van der Waals surface area contributed by atoms with Crippen LogP contribution in [0, 0.1) is 0 Å². The monoisotopic (exact) mass is 320 g/mol. The van der Waals surface area contributed by atoms with Crippen molar-refractivity contribution in [3.8, 4) is 0 Å². The van der Waals surface area contributed by atoms with E-state index in [9.17, 15) is 4.79 Å². The molecule has 3 nitrogen and oxygen atoms in total. The van der Waals surface area contributed by atoms with Gasteiger partial charge >= 0.3 is 5.97 Å². The van der Waals surface area contributed by atoms with E-state index in [0.717, 1.165) is 24.0 Å². The highest BCUT2D eigenvalue weighted by atomic mass is 16.6. The largest absolute Gasteiger partial charge is 0.478 e. The molecule has 0 aromatic carbocycles. The zero-order chi connectivity index (χ0) is 16.8. The normalized spacial score (nSPS) is 14.0. The zero-order valence-electron chi connectivity index (χ0n) is 14.6. The second kappa shape index (κ2) is 13.0. The van der Waals surface area contributed by atoms with Gasteiger partial charge in [0, 0.05) is 12.5 Å². The minimum atomic E-state index is -0.929. The van der Waals surface area contributed by atoms with Gasteiger partial charge in [-0.25, -0.2) is 4.79 Å². The molecule has 0 amide bonds. The molecule has 0 unspecified atom stereocenters. The number of allylic oxidation sites excluding steroid dienone is 4. The number of ether oxygens (including phenoxy) is 1. The average Bonchev–Trinajstić information content (AvgIpc) is 3.27. The molecule has 0 atom stereocenters. The number of unbranched alkanes of at least 4 members (excludes halogenated alkanes) is 10. The summed E-state index contributed by atoms with van der Waals surface area (Å²) in [7, 11) is 0. The van der Waals surface area contributed by atoms with Crippen LogP contribution < -0.4 is 0 Å². The maximum Gasteiger partial charge on any atom is 0.328 e. The summed E-state index contributed by atoms with van der Waals surface area (Å²) in [6, 6.07) is 0. The number of carboxylic acids is 1. The molecular formula is C20H32O3. The molecule has 130 valence electrons. The fourth-order valence-corrected chi connectivity index (χ4v) is 2.64. The van der Waals surface area contributed by atoms with Crippen molar-refractivity contribution >= 4 is 5.97 Å². The van der Waals surface area contributed by atoms with Gasteiger partial charge in [0.15, 0.2) is 5.76 Å². The molecule has 0 aromatic heterocycles. The Balaban J connectivity index is 1.88. The van der Waals surface area contributed by atoms with Gasteiger partial charge in [0.1, 0.15) is 5.76 Å². The molecule has 0 saturated heterocycles. The third kappa shape index (κ3) is 11.7. The predicted octanol–water partition coefficient (Wildman–Crippen LogP) is 6.13. The number of aliphatic carboxylic acids is 1. The van der Waals surface area contributed by atoms with Crippen LogP contribution in [0.5, 0.6) is 0 Å². The van der Waals surface area contributed by atoms with E-state index in [0.29, 0.717) is 0 Å². The van der Waals surface area contributed by atoms with Crippen molar-refractivity contribution < 1.29 is 14.6 Å². The third-order valence-electron chi connectivity index (χ3n) is 4.07. The van der Waals surface area contributed by atoms with E-state index in [-0.39, 0.29) is 0 Å². The highest BCUT2D eigenvalue weighted by Gasteiger charge is 2.20. The van der Waals surface area contributed by atoms with Crippen LogP contribution in [-0.2, 0) is 9.53 Å². The lowest BCUT2D eigenvalue weighted by Gasteiger charge is -2.01. The zero-order valence-corrected chi connectivity index (χ0v) is 14.6. The number of hydrogen-bond donors (Lipinski definition) is 1. The summed E-state index contributed by atoms with van der Waals surface area (Å²) in [4.78, 5) is 10.3. The van der Waals surface area contributed by atoms with Crippen LogP contribution in [-0.4, -0.2) is 11.1 Å². The van der Waals surface area contributed by atoms with Gasteiger partial charge in [-0.3, -0.25) is 0 Å². The van der Waals surface area contributed by atoms with Gasteiger partial charge in [-0.15, -0.1) is 0 Å². The van der Waals surface area contributed by atoms with E-state index < -0.39 is 5.97 Å². The molecule has 0 fully saturated rings. The minimum absolute atomic E-state index is 0.909. The molecule has 23 heavy (non-hydrogen) atoms. The Morgan fingerprint density at radius 1 is 0.913 bits per heavy atom. The second-order valence-corrected chi connectivity index (χ2v) is 6.23. The Morgan fingerprint density at radius 3 is 2.04 bits per heavy atom. The quantitative estimate of drug-likeness (QED) is 0.224. The lowest BCUT2D eigenvalue weighted by Crippen LogP contribution is -1.84. The summed E-state index contributed by atoms with van der Waals surface area (Å²) in [5, 5.41) is 8.45. The van der Waals surface area contributed by atoms with Crippen molar-refractivity contribution in [2.45, 2.75) is 84.0 Å². The van der Waals surface area contributed by atoms with Gasteiger partial charge in [-0.1, -0.05) is 83.3 Å². The first kappa shape index (κ1) is 19.5. The number of rotatable bonds is 15. The second-order valence-electron chi connectivity index (χ2n) is 6.23. The summed E-state index contributed by atoms with van der Waals surface area (Å²) in [5.74, 6) is 1.05. The molecule has 0 aromatic rings. The molecule has 1 aliphatic heterocycles. The van der Waals surface area contributed by atoms with E-state index in [1.165, 1.54) is 76.7 Å². The average molecular weight is 320 g/mol. The maximum atomic E-state index is 10.3. The number of carbonyl (C=O) groups is 1. The van der Waals surface area contributed by atoms with Crippen molar-refractivity contribution in [3.63, 3.8) is 0 Å². The Morgan fingerprint density at radius 2 is 1.48 bits per heavy atom. The van der Waals surface area contributed by atoms with E-state index >= 15 is 0 Å². The summed E-state index contributed by atoms with van der Waals surface area (Å²) in [6.07, 6.45) is 22.1. The summed E-state index contributed by atoms with van der Waals surface area (Å²) in [6.45, 7) is 2.26. The fraction of sp³-hybridized carbons (Fsp3) is 0.650. The van der Waals surface area contributed by atoms with Crippen LogP contribution in [0.2, 0.25) is 0 Å². The molecule has 0 aliphatic carbocycles. The van der Waals surface area contributed by atoms with Crippen LogP contribution in [0.1, 0.15) is 84.0 Å². The highest BCUT2D eigenvalue weighted by Crippen LogP contribution is 2.32. The Kier molecular flexibility index (Phi) is 11.0. The first-order valence-corrected chi connectivity index (χ1v) is 9.22. The van der Waals surface area contributed by atoms with Crippen LogP contribution in [0.4, 0.5) is 0 Å². The van der Waals surface area contributed by atoms with Crippen LogP contribution >= 0.6 is 0 Å². The molecule has 0 saturated carbocycles. The van der Waals surface area contributed by atoms with Crippen molar-refractivity contribution in [3.05, 3.63) is 35.8 Å². The van der Waals surface area contributed by atoms with Gasteiger partial charge in [-0.05, 0) is 12.5 Å². The number of carboxylic acid groups (broad SMARTS) is 1. The van der Waals surface area contributed by atoms with E-state index in [4.69, 9.17) is 9.84 Å². The van der Waals surface area contributed by atoms with E-state index in [1.54, 1.807) is 6.08 Å². The van der Waals surface area contributed by atoms with Gasteiger partial charge in [0.25, 0.3) is 0 Å². The smallest absolute Gasteiger partial charge is 0.328 e. The Labute approximate surface area is 141 Å². The molecule has 1 rings (SSSR count). The van der Waals surface area contributed by atoms with Crippen molar-refractivity contribution in [2.24, 2.45) is 0 Å². The minimum Gasteiger partial charge on any atom is -0.478 e. The fourth-order valence-electron chi connectivity index (χ4n) is 2.64. The first-order chi connectivity index (χ1) is 11.2. The highest BCUT2D eigenvalue weighted by molar-refractivity contribution is 5.80. The molecule has 1 aliphatic rings. The maximum absolute atomic E-state index is 10.3. The standard InChI is InChI=1S/C20H32O3/c1-2-3-4-5-6-7-8-9-10-11-12-15-18-19(23-18)16-13-14-17-20(21)22/h13-14,16-17H,2-12,15H2,1H3,(H,21,22). The molecule has 1 N–H and O–H groups in total. The van der Waals surface area contributed by atoms with Crippen LogP contribution in [0.25, 0.3) is 0 Å². The molecular weight excluding hydrogens is 288 g/mol. The molecule has 0 bridgehead atoms. The summed E-state index contributed by atoms with van der Waals surface area (Å²) < 4.78 is 5.38. The lowest BCUT2D eigenvalue weighted by atomic mass is 10.1. The van der Waals surface area contributed by atoms with Gasteiger partial charge in [-0.2, -0.15) is 0 Å². The predicted molar refractivity (Wildman–Crippen MR) is 95.1 cm³/mol. The van der Waals surface area contributed by atoms with Crippen molar-refractivity contribution in [1.82, 2.24) is 0 Å². The van der Waals surface area contributed by atoms with Crippen molar-refractivity contribution in [1.29, 1.82) is 0 Å². The van der Waals surface area contributed by atoms with Crippen LogP contribution in [0.15, 0.2) is 35.8 Å². The molecule has 0 spiro atoms. The number of hydrogen-bond acceptors (Lipinski definition) is 2. The van der Waals surface area contributed by atoms with E-state index in [2.05, 4.69) is 6.92 Å². The van der Waals surface area contributed by atoms with Gasteiger partial charge in [0.2, 0.25) is 0 Å². The van der Waals surface area contributed by atoms with E-state index in [1.807, 2.05) is 6.08 Å². The summed E-state index contributed by atoms with van der Waals surface area (Å²) >= 11 is 0. The topological polar surface area (TPSA) is 49.8 Å². The lowest BCUT2D eigenvalue weighted by molar-refractivity contribution is -0.131. The van der Waals surface area contributed by atoms with Crippen molar-refractivity contribution in [2.75, 3.05) is 0 Å². The summed E-state index contributed by atoms with van der Waals surface area (Å²) in [5.41, 5.74) is 0. The third-order valence-corrected chi connectivity index (χ3v) is 4.07. The molecule has 3 heteroatoms. The Bertz CT molecular complexity index is 419. The molecule has 0 radical (unpaired) electrons. The first-order valence-electron chi connectivity index (χ1n) is 9.22. The molecule has 1 heterocycles. The Hall–Kier alpha value is -1.51.